The molecule has 4 nitrogen and oxygen atoms in total. The number of aromatic amines is 1. The molecule has 134 valence electrons. The van der Waals surface area contributed by atoms with Crippen LogP contribution < -0.4 is 10.7 Å². The van der Waals surface area contributed by atoms with Crippen molar-refractivity contribution in [2.75, 3.05) is 5.32 Å². The van der Waals surface area contributed by atoms with Crippen molar-refractivity contribution in [2.24, 2.45) is 0 Å². The molecule has 0 saturated heterocycles. The Hall–Kier alpha value is -3.61. The Morgan fingerprint density at radius 2 is 1.59 bits per heavy atom. The van der Waals surface area contributed by atoms with Crippen LogP contribution in [0.2, 0.25) is 0 Å². The minimum Gasteiger partial charge on any atom is -0.354 e. The molecule has 0 aliphatic rings. The number of pyridine rings is 1. The molecule has 0 bridgehead atoms. The molecule has 1 amide bonds. The molecule has 2 N–H and O–H groups in total. The van der Waals surface area contributed by atoms with E-state index in [-0.39, 0.29) is 27.5 Å². The molecular weight excluding hydrogens is 357 g/mol. The number of amides is 1. The number of benzene rings is 3. The fraction of sp³-hybridized carbons (Fsp3) is 0. The van der Waals surface area contributed by atoms with Crippen molar-refractivity contribution >= 4 is 33.4 Å². The molecule has 4 aromatic rings. The molecule has 0 saturated carbocycles. The Kier molecular flexibility index (Phi) is 3.92. The summed E-state index contributed by atoms with van der Waals surface area (Å²) in [6.07, 6.45) is 0. The van der Waals surface area contributed by atoms with E-state index < -0.39 is 28.8 Å². The third kappa shape index (κ3) is 3.03. The molecule has 7 heteroatoms. The van der Waals surface area contributed by atoms with Crippen LogP contribution in [0.5, 0.6) is 0 Å². The molecule has 0 fully saturated rings. The zero-order valence-corrected chi connectivity index (χ0v) is 13.6. The van der Waals surface area contributed by atoms with Gasteiger partial charge >= 0.3 is 0 Å². The van der Waals surface area contributed by atoms with Crippen LogP contribution in [0.1, 0.15) is 10.4 Å². The van der Waals surface area contributed by atoms with E-state index in [1.807, 2.05) is 0 Å². The minimum atomic E-state index is -0.798. The first kappa shape index (κ1) is 16.8. The SMILES string of the molecule is O=C(Nc1cccc(F)c1)c1cc(F)cc2c(=O)c3cc(F)ccc3[nH]c12. The lowest BCUT2D eigenvalue weighted by Gasteiger charge is -2.10. The average molecular weight is 368 g/mol. The molecule has 0 atom stereocenters. The highest BCUT2D eigenvalue weighted by atomic mass is 19.1. The second-order valence-corrected chi connectivity index (χ2v) is 5.98. The number of carbonyl (C=O) groups is 1. The first-order valence-electron chi connectivity index (χ1n) is 7.94. The number of halogens is 3. The summed E-state index contributed by atoms with van der Waals surface area (Å²) >= 11 is 0. The van der Waals surface area contributed by atoms with Gasteiger partial charge in [-0.3, -0.25) is 9.59 Å². The van der Waals surface area contributed by atoms with Crippen molar-refractivity contribution in [2.45, 2.75) is 0 Å². The summed E-state index contributed by atoms with van der Waals surface area (Å²) in [5.74, 6) is -2.67. The first-order valence-corrected chi connectivity index (χ1v) is 7.94. The van der Waals surface area contributed by atoms with Crippen LogP contribution in [0.3, 0.4) is 0 Å². The monoisotopic (exact) mass is 368 g/mol. The van der Waals surface area contributed by atoms with E-state index in [1.165, 1.54) is 30.3 Å². The summed E-state index contributed by atoms with van der Waals surface area (Å²) in [5, 5.41) is 2.43. The van der Waals surface area contributed by atoms with Gasteiger partial charge in [-0.1, -0.05) is 6.07 Å². The number of anilines is 1. The lowest BCUT2D eigenvalue weighted by Crippen LogP contribution is -2.15. The smallest absolute Gasteiger partial charge is 0.257 e. The highest BCUT2D eigenvalue weighted by Gasteiger charge is 2.17. The predicted molar refractivity (Wildman–Crippen MR) is 96.3 cm³/mol. The number of rotatable bonds is 2. The molecule has 0 unspecified atom stereocenters. The molecule has 0 radical (unpaired) electrons. The van der Waals surface area contributed by atoms with E-state index in [4.69, 9.17) is 0 Å². The fourth-order valence-corrected chi connectivity index (χ4v) is 2.96. The van der Waals surface area contributed by atoms with Gasteiger partial charge in [-0.2, -0.15) is 0 Å². The Morgan fingerprint density at radius 3 is 2.37 bits per heavy atom. The van der Waals surface area contributed by atoms with Crippen molar-refractivity contribution in [3.05, 3.63) is 87.8 Å². The van der Waals surface area contributed by atoms with Crippen LogP contribution in [0.15, 0.2) is 59.4 Å². The fourth-order valence-electron chi connectivity index (χ4n) is 2.96. The number of fused-ring (bicyclic) bond motifs is 2. The average Bonchev–Trinajstić information content (AvgIpc) is 2.62. The van der Waals surface area contributed by atoms with E-state index in [1.54, 1.807) is 0 Å². The number of aromatic nitrogens is 1. The summed E-state index contributed by atoms with van der Waals surface area (Å²) in [7, 11) is 0. The van der Waals surface area contributed by atoms with Crippen molar-refractivity contribution in [3.8, 4) is 0 Å². The molecule has 3 aromatic carbocycles. The van der Waals surface area contributed by atoms with E-state index in [2.05, 4.69) is 10.3 Å². The molecule has 1 heterocycles. The van der Waals surface area contributed by atoms with E-state index in [0.717, 1.165) is 24.3 Å². The second kappa shape index (κ2) is 6.28. The normalized spacial score (nSPS) is 11.1. The highest BCUT2D eigenvalue weighted by Crippen LogP contribution is 2.22. The van der Waals surface area contributed by atoms with Crippen LogP contribution in [0, 0.1) is 17.5 Å². The maximum atomic E-state index is 14.1. The van der Waals surface area contributed by atoms with Gasteiger partial charge in [-0.05, 0) is 48.5 Å². The lowest BCUT2D eigenvalue weighted by molar-refractivity contribution is 0.102. The van der Waals surface area contributed by atoms with Gasteiger partial charge in [0, 0.05) is 22.0 Å². The Labute approximate surface area is 150 Å². The Bertz CT molecular complexity index is 1280. The van der Waals surface area contributed by atoms with Gasteiger partial charge in [0.05, 0.1) is 11.1 Å². The summed E-state index contributed by atoms with van der Waals surface area (Å²) in [5.41, 5.74) is -0.132. The van der Waals surface area contributed by atoms with Crippen molar-refractivity contribution < 1.29 is 18.0 Å². The predicted octanol–water partition coefficient (Wildman–Crippen LogP) is 4.35. The molecule has 0 aliphatic carbocycles. The maximum Gasteiger partial charge on any atom is 0.257 e. The largest absolute Gasteiger partial charge is 0.354 e. The number of nitrogens with one attached hydrogen (secondary N) is 2. The van der Waals surface area contributed by atoms with Gasteiger partial charge in [0.1, 0.15) is 17.5 Å². The van der Waals surface area contributed by atoms with Gasteiger partial charge in [0.25, 0.3) is 5.91 Å². The van der Waals surface area contributed by atoms with Crippen LogP contribution in [0.4, 0.5) is 18.9 Å². The maximum absolute atomic E-state index is 14.1. The van der Waals surface area contributed by atoms with Gasteiger partial charge in [-0.25, -0.2) is 13.2 Å². The minimum absolute atomic E-state index is 0.0459. The van der Waals surface area contributed by atoms with Crippen LogP contribution >= 0.6 is 0 Å². The third-order valence-electron chi connectivity index (χ3n) is 4.16. The molecule has 0 spiro atoms. The zero-order chi connectivity index (χ0) is 19.1. The first-order chi connectivity index (χ1) is 12.9. The van der Waals surface area contributed by atoms with Crippen LogP contribution in [-0.2, 0) is 0 Å². The van der Waals surface area contributed by atoms with E-state index >= 15 is 0 Å². The number of hydrogen-bond acceptors (Lipinski definition) is 2. The third-order valence-corrected chi connectivity index (χ3v) is 4.16. The molecular formula is C20H11F3N2O2. The van der Waals surface area contributed by atoms with E-state index in [9.17, 15) is 22.8 Å². The molecule has 0 aliphatic heterocycles. The Balaban J connectivity index is 1.92. The van der Waals surface area contributed by atoms with Crippen molar-refractivity contribution in [1.29, 1.82) is 0 Å². The van der Waals surface area contributed by atoms with Crippen LogP contribution in [-0.4, -0.2) is 10.9 Å². The van der Waals surface area contributed by atoms with Gasteiger partial charge in [0.2, 0.25) is 0 Å². The van der Waals surface area contributed by atoms with Gasteiger partial charge in [0.15, 0.2) is 5.43 Å². The zero-order valence-electron chi connectivity index (χ0n) is 13.6. The summed E-state index contributed by atoms with van der Waals surface area (Å²) in [6, 6.07) is 10.8. The standard InChI is InChI=1S/C20H11F3N2O2/c21-10-2-1-3-13(6-10)24-20(27)16-9-12(23)8-15-18(16)25-17-5-4-11(22)7-14(17)19(15)26/h1-9H,(H,24,27)(H,25,26). The van der Waals surface area contributed by atoms with Crippen LogP contribution in [0.25, 0.3) is 21.8 Å². The number of carbonyl (C=O) groups excluding carboxylic acids is 1. The number of H-pyrrole nitrogens is 1. The molecule has 4 rings (SSSR count). The van der Waals surface area contributed by atoms with Gasteiger partial charge < -0.3 is 10.3 Å². The lowest BCUT2D eigenvalue weighted by atomic mass is 10.0. The highest BCUT2D eigenvalue weighted by molar-refractivity contribution is 6.13. The summed E-state index contributed by atoms with van der Waals surface area (Å²) < 4.78 is 40.8. The van der Waals surface area contributed by atoms with E-state index in [0.29, 0.717) is 5.52 Å². The van der Waals surface area contributed by atoms with Crippen molar-refractivity contribution in [3.63, 3.8) is 0 Å². The number of hydrogen-bond donors (Lipinski definition) is 2. The van der Waals surface area contributed by atoms with Crippen molar-refractivity contribution in [1.82, 2.24) is 4.98 Å². The second-order valence-electron chi connectivity index (χ2n) is 5.98. The summed E-state index contributed by atoms with van der Waals surface area (Å²) in [6.45, 7) is 0. The van der Waals surface area contributed by atoms with Gasteiger partial charge in [-0.15, -0.1) is 0 Å². The quantitative estimate of drug-likeness (QED) is 0.517. The summed E-state index contributed by atoms with van der Waals surface area (Å²) in [4.78, 5) is 28.1. The Morgan fingerprint density at radius 1 is 0.852 bits per heavy atom. The molecule has 1 aromatic heterocycles. The topological polar surface area (TPSA) is 62.0 Å². The molecule has 27 heavy (non-hydrogen) atoms.